The number of ether oxygens (including phenoxy) is 4. The normalized spacial score (nSPS) is 48.4. The van der Waals surface area contributed by atoms with Crippen LogP contribution in [0.1, 0.15) is 58.8 Å². The van der Waals surface area contributed by atoms with E-state index in [2.05, 4.69) is 6.92 Å². The number of methoxy groups -OCH3 is 1. The molecule has 1 spiro atoms. The number of aliphatic hydroxyl groups is 1. The fraction of sp³-hybridized carbons (Fsp3) is 0.957. The fourth-order valence-corrected chi connectivity index (χ4v) is 7.40. The maximum Gasteiger partial charge on any atom is 0.315 e. The summed E-state index contributed by atoms with van der Waals surface area (Å²) in [7, 11) is 1.71. The van der Waals surface area contributed by atoms with Crippen LogP contribution >= 0.6 is 0 Å². The maximum atomic E-state index is 12.9. The summed E-state index contributed by atoms with van der Waals surface area (Å²) in [4.78, 5) is 14.3. The molecule has 5 rings (SSSR count). The summed E-state index contributed by atoms with van der Waals surface area (Å²) in [6.45, 7) is 8.24. The number of carbonyl (C=O) groups excluding carboxylic acids is 1. The highest BCUT2D eigenvalue weighted by Crippen LogP contribution is 2.61. The predicted molar refractivity (Wildman–Crippen MR) is 108 cm³/mol. The molecule has 5 aliphatic rings. The smallest absolute Gasteiger partial charge is 0.315 e. The topological polar surface area (TPSA) is 78.7 Å². The Labute approximate surface area is 179 Å². The molecule has 2 aliphatic carbocycles. The van der Waals surface area contributed by atoms with Gasteiger partial charge in [0.25, 0.3) is 0 Å². The summed E-state index contributed by atoms with van der Waals surface area (Å²) < 4.78 is 23.5. The molecule has 2 saturated carbocycles. The summed E-state index contributed by atoms with van der Waals surface area (Å²) in [5.74, 6) is -0.547. The van der Waals surface area contributed by atoms with E-state index in [0.29, 0.717) is 19.6 Å². The second kappa shape index (κ2) is 7.14. The van der Waals surface area contributed by atoms with Gasteiger partial charge in [-0.1, -0.05) is 6.92 Å². The minimum atomic E-state index is -0.937. The van der Waals surface area contributed by atoms with Crippen LogP contribution in [-0.2, 0) is 23.7 Å². The molecular formula is C23H38NO6+. The Morgan fingerprint density at radius 1 is 1.10 bits per heavy atom. The molecule has 30 heavy (non-hydrogen) atoms. The quantitative estimate of drug-likeness (QED) is 0.649. The van der Waals surface area contributed by atoms with Crippen molar-refractivity contribution >= 4 is 5.97 Å². The van der Waals surface area contributed by atoms with E-state index in [9.17, 15) is 9.90 Å². The average Bonchev–Trinajstić information content (AvgIpc) is 3.28. The van der Waals surface area contributed by atoms with Gasteiger partial charge in [0.05, 0.1) is 56.9 Å². The van der Waals surface area contributed by atoms with E-state index in [0.717, 1.165) is 58.2 Å². The molecule has 2 N–H and O–H groups in total. The summed E-state index contributed by atoms with van der Waals surface area (Å²) >= 11 is 0. The molecule has 0 bridgehead atoms. The highest BCUT2D eigenvalue weighted by Gasteiger charge is 2.68. The highest BCUT2D eigenvalue weighted by atomic mass is 16.7. The summed E-state index contributed by atoms with van der Waals surface area (Å²) in [5.41, 5.74) is -1.80. The number of piperidine rings is 1. The van der Waals surface area contributed by atoms with Crippen molar-refractivity contribution in [3.8, 4) is 0 Å². The molecule has 0 aromatic carbocycles. The molecule has 5 fully saturated rings. The van der Waals surface area contributed by atoms with Gasteiger partial charge in [0.2, 0.25) is 0 Å². The van der Waals surface area contributed by atoms with Crippen molar-refractivity contribution < 1.29 is 33.7 Å². The van der Waals surface area contributed by atoms with Crippen LogP contribution in [-0.4, -0.2) is 74.1 Å². The van der Waals surface area contributed by atoms with Crippen LogP contribution in [0.3, 0.4) is 0 Å². The van der Waals surface area contributed by atoms with E-state index in [1.54, 1.807) is 7.11 Å². The number of nitrogens with one attached hydrogen (secondary N) is 1. The first kappa shape index (κ1) is 21.1. The molecule has 7 heteroatoms. The Balaban J connectivity index is 1.32. The number of carbonyl (C=O) groups is 1. The minimum absolute atomic E-state index is 0.0607. The van der Waals surface area contributed by atoms with Gasteiger partial charge in [0.15, 0.2) is 5.79 Å². The maximum absolute atomic E-state index is 12.9. The zero-order valence-corrected chi connectivity index (χ0v) is 18.7. The first-order valence-electron chi connectivity index (χ1n) is 11.8. The van der Waals surface area contributed by atoms with Crippen LogP contribution in [0.5, 0.6) is 0 Å². The lowest BCUT2D eigenvalue weighted by atomic mass is 9.49. The van der Waals surface area contributed by atoms with E-state index in [4.69, 9.17) is 18.9 Å². The van der Waals surface area contributed by atoms with Crippen LogP contribution in [0.15, 0.2) is 0 Å². The lowest BCUT2D eigenvalue weighted by Crippen LogP contribution is -3.14. The van der Waals surface area contributed by atoms with Crippen molar-refractivity contribution in [2.45, 2.75) is 81.9 Å². The second-order valence-corrected chi connectivity index (χ2v) is 10.9. The Morgan fingerprint density at radius 3 is 2.47 bits per heavy atom. The van der Waals surface area contributed by atoms with E-state index >= 15 is 0 Å². The van der Waals surface area contributed by atoms with E-state index in [1.807, 2.05) is 6.92 Å². The van der Waals surface area contributed by atoms with Crippen molar-refractivity contribution in [1.29, 1.82) is 0 Å². The Bertz CT molecular complexity index is 685. The lowest BCUT2D eigenvalue weighted by molar-refractivity contribution is -0.911. The van der Waals surface area contributed by atoms with Gasteiger partial charge in [0, 0.05) is 18.4 Å². The van der Waals surface area contributed by atoms with Crippen LogP contribution in [0.25, 0.3) is 0 Å². The largest absolute Gasteiger partial charge is 0.462 e. The molecule has 3 saturated heterocycles. The molecule has 170 valence electrons. The van der Waals surface area contributed by atoms with Gasteiger partial charge in [-0.05, 0) is 39.0 Å². The van der Waals surface area contributed by atoms with E-state index in [1.165, 1.54) is 4.90 Å². The molecule has 0 aromatic heterocycles. The number of hydrogen-bond donors (Lipinski definition) is 2. The molecule has 0 amide bonds. The van der Waals surface area contributed by atoms with Gasteiger partial charge >= 0.3 is 5.97 Å². The third-order valence-electron chi connectivity index (χ3n) is 9.49. The molecular weight excluding hydrogens is 386 g/mol. The number of fused-ring (bicyclic) bond motifs is 2. The van der Waals surface area contributed by atoms with Gasteiger partial charge in [-0.3, -0.25) is 4.79 Å². The van der Waals surface area contributed by atoms with Crippen molar-refractivity contribution in [1.82, 2.24) is 0 Å². The molecule has 3 aliphatic heterocycles. The van der Waals surface area contributed by atoms with Gasteiger partial charge in [-0.15, -0.1) is 0 Å². The average molecular weight is 425 g/mol. The van der Waals surface area contributed by atoms with Crippen LogP contribution in [0, 0.1) is 17.3 Å². The molecule has 3 heterocycles. The fourth-order valence-electron chi connectivity index (χ4n) is 7.40. The van der Waals surface area contributed by atoms with Gasteiger partial charge in [-0.25, -0.2) is 0 Å². The summed E-state index contributed by atoms with van der Waals surface area (Å²) in [5, 5.41) is 12.0. The van der Waals surface area contributed by atoms with Crippen molar-refractivity contribution in [3.05, 3.63) is 0 Å². The van der Waals surface area contributed by atoms with Crippen molar-refractivity contribution in [2.24, 2.45) is 17.3 Å². The molecule has 6 atom stereocenters. The van der Waals surface area contributed by atoms with Gasteiger partial charge < -0.3 is 29.0 Å². The van der Waals surface area contributed by atoms with Gasteiger partial charge in [0.1, 0.15) is 12.0 Å². The Kier molecular flexibility index (Phi) is 5.03. The van der Waals surface area contributed by atoms with E-state index in [-0.39, 0.29) is 35.1 Å². The van der Waals surface area contributed by atoms with Crippen molar-refractivity contribution in [3.63, 3.8) is 0 Å². The number of rotatable bonds is 3. The number of hydrogen-bond acceptors (Lipinski definition) is 6. The summed E-state index contributed by atoms with van der Waals surface area (Å²) in [6.07, 6.45) is 5.82. The standard InChI is InChI=1S/C23H37NO6/c1-20-5-4-6-21(2,27-3)23(20,26)13-16-17(19(25)30-18(16)14-20)15-24-9-7-22(8-10-24)28-11-12-29-22/h16-18,26H,4-15H2,1-3H3/p+1/t16-,17-,18-,20-,21-,23+/m1/s1. The van der Waals surface area contributed by atoms with Crippen molar-refractivity contribution in [2.75, 3.05) is 40.0 Å². The monoisotopic (exact) mass is 424 g/mol. The first-order chi connectivity index (χ1) is 14.2. The lowest BCUT2D eigenvalue weighted by Gasteiger charge is -2.61. The van der Waals surface area contributed by atoms with Crippen LogP contribution < -0.4 is 4.90 Å². The zero-order valence-electron chi connectivity index (χ0n) is 18.7. The van der Waals surface area contributed by atoms with Crippen LogP contribution in [0.2, 0.25) is 0 Å². The van der Waals surface area contributed by atoms with E-state index < -0.39 is 11.2 Å². The number of esters is 1. The molecule has 0 radical (unpaired) electrons. The SMILES string of the molecule is CO[C@]1(C)CCC[C@]2(C)C[C@H]3OC(=O)[C@H](C[NH+]4CCC5(CC4)OCCO5)[C@H]3C[C@]21O. The molecule has 7 nitrogen and oxygen atoms in total. The minimum Gasteiger partial charge on any atom is -0.462 e. The Morgan fingerprint density at radius 2 is 1.80 bits per heavy atom. The third-order valence-corrected chi connectivity index (χ3v) is 9.49. The number of likely N-dealkylation sites (tertiary alicyclic amines) is 1. The third kappa shape index (κ3) is 2.99. The predicted octanol–water partition coefficient (Wildman–Crippen LogP) is 0.686. The van der Waals surface area contributed by atoms with Gasteiger partial charge in [-0.2, -0.15) is 0 Å². The molecule has 0 aromatic rings. The number of quaternary nitrogens is 1. The second-order valence-electron chi connectivity index (χ2n) is 10.9. The van der Waals surface area contributed by atoms with Crippen LogP contribution in [0.4, 0.5) is 0 Å². The summed E-state index contributed by atoms with van der Waals surface area (Å²) in [6, 6.07) is 0. The highest BCUT2D eigenvalue weighted by molar-refractivity contribution is 5.75. The Hall–Kier alpha value is -0.730. The zero-order chi connectivity index (χ0) is 21.2. The first-order valence-corrected chi connectivity index (χ1v) is 11.8. The molecule has 0 unspecified atom stereocenters.